The number of carbonyl (C=O) groups excluding carboxylic acids is 1. The molecule has 1 heterocycles. The number of hydrogen-bond acceptors (Lipinski definition) is 4. The first-order chi connectivity index (χ1) is 19.0. The number of carbonyl (C=O) groups is 1. The zero-order chi connectivity index (χ0) is 29.0. The zero-order valence-electron chi connectivity index (χ0n) is 24.3. The van der Waals surface area contributed by atoms with Crippen LogP contribution in [0.3, 0.4) is 0 Å². The van der Waals surface area contributed by atoms with Crippen molar-refractivity contribution in [3.8, 4) is 11.3 Å². The topological polar surface area (TPSA) is 52.1 Å². The van der Waals surface area contributed by atoms with Gasteiger partial charge in [-0.25, -0.2) is 9.37 Å². The summed E-state index contributed by atoms with van der Waals surface area (Å²) < 4.78 is 33.7. The van der Waals surface area contributed by atoms with E-state index < -0.39 is 17.9 Å². The van der Waals surface area contributed by atoms with Gasteiger partial charge in [0, 0.05) is 18.4 Å². The maximum atomic E-state index is 15.1. The zero-order valence-corrected chi connectivity index (χ0v) is 24.3. The number of halogens is 2. The second-order valence-electron chi connectivity index (χ2n) is 12.0. The summed E-state index contributed by atoms with van der Waals surface area (Å²) in [4.78, 5) is 22.1. The third-order valence-electron chi connectivity index (χ3n) is 7.94. The molecule has 1 aromatic heterocycles. The molecule has 1 saturated carbocycles. The van der Waals surface area contributed by atoms with Gasteiger partial charge in [0.05, 0.1) is 35.4 Å². The van der Waals surface area contributed by atoms with Crippen LogP contribution in [0.5, 0.6) is 0 Å². The molecule has 1 aliphatic rings. The number of methoxy groups -OCH3 is 1. The molecule has 3 aromatic rings. The Kier molecular flexibility index (Phi) is 9.17. The monoisotopic (exact) mass is 546 g/mol. The van der Waals surface area contributed by atoms with Gasteiger partial charge < -0.3 is 4.74 Å². The summed E-state index contributed by atoms with van der Waals surface area (Å²) >= 11 is 0. The summed E-state index contributed by atoms with van der Waals surface area (Å²) in [7, 11) is 1.46. The van der Waals surface area contributed by atoms with Gasteiger partial charge in [0.15, 0.2) is 0 Å². The van der Waals surface area contributed by atoms with Crippen molar-refractivity contribution in [1.82, 2.24) is 9.97 Å². The molecule has 0 spiro atoms. The number of rotatable bonds is 12. The largest absolute Gasteiger partial charge is 0.500 e. The van der Waals surface area contributed by atoms with Gasteiger partial charge >= 0.3 is 0 Å². The van der Waals surface area contributed by atoms with Crippen molar-refractivity contribution in [3.63, 3.8) is 0 Å². The molecule has 0 saturated heterocycles. The Morgan fingerprint density at radius 2 is 1.88 bits per heavy atom. The number of alkyl halides is 1. The molecule has 2 aromatic carbocycles. The Labute approximate surface area is 236 Å². The SMILES string of the molecule is C=C(/C=C(\OC)C(C)(C)CF)CC(=O)Cc1ccc(-c2cnc3cc(CC4CC(C)C4)c(CC)cc3n2)cc1F. The number of nitrogens with zero attached hydrogens (tertiary/aromatic N) is 2. The molecule has 1 fully saturated rings. The van der Waals surface area contributed by atoms with E-state index in [0.717, 1.165) is 35.7 Å². The van der Waals surface area contributed by atoms with Crippen molar-refractivity contribution in [2.75, 3.05) is 13.8 Å². The van der Waals surface area contributed by atoms with Crippen molar-refractivity contribution in [1.29, 1.82) is 0 Å². The summed E-state index contributed by atoms with van der Waals surface area (Å²) in [5.41, 5.74) is 5.49. The first kappa shape index (κ1) is 29.6. The third-order valence-corrected chi connectivity index (χ3v) is 7.94. The van der Waals surface area contributed by atoms with E-state index in [1.54, 1.807) is 38.3 Å². The number of hydrogen-bond donors (Lipinski definition) is 0. The van der Waals surface area contributed by atoms with E-state index in [4.69, 9.17) is 9.72 Å². The van der Waals surface area contributed by atoms with Crippen LogP contribution in [0.15, 0.2) is 60.5 Å². The first-order valence-corrected chi connectivity index (χ1v) is 14.1. The van der Waals surface area contributed by atoms with Crippen LogP contribution in [0.4, 0.5) is 8.78 Å². The highest BCUT2D eigenvalue weighted by atomic mass is 19.1. The van der Waals surface area contributed by atoms with E-state index in [1.165, 1.54) is 37.1 Å². The Morgan fingerprint density at radius 1 is 1.15 bits per heavy atom. The maximum Gasteiger partial charge on any atom is 0.141 e. The molecular formula is C34H40F2N2O2. The molecule has 0 unspecified atom stereocenters. The van der Waals surface area contributed by atoms with Gasteiger partial charge in [-0.3, -0.25) is 14.2 Å². The minimum Gasteiger partial charge on any atom is -0.500 e. The lowest BCUT2D eigenvalue weighted by atomic mass is 9.72. The quantitative estimate of drug-likeness (QED) is 0.170. The number of fused-ring (bicyclic) bond motifs is 1. The summed E-state index contributed by atoms with van der Waals surface area (Å²) in [6.45, 7) is 11.2. The minimum absolute atomic E-state index is 0.0219. The molecule has 0 radical (unpaired) electrons. The van der Waals surface area contributed by atoms with Crippen LogP contribution in [0, 0.1) is 23.1 Å². The fourth-order valence-corrected chi connectivity index (χ4v) is 5.56. The highest BCUT2D eigenvalue weighted by Crippen LogP contribution is 2.37. The Hall–Kier alpha value is -3.41. The molecule has 0 N–H and O–H groups in total. The van der Waals surface area contributed by atoms with Crippen LogP contribution in [0.1, 0.15) is 63.6 Å². The van der Waals surface area contributed by atoms with E-state index in [1.807, 2.05) is 0 Å². The lowest BCUT2D eigenvalue weighted by molar-refractivity contribution is -0.117. The summed E-state index contributed by atoms with van der Waals surface area (Å²) in [5.74, 6) is 1.34. The maximum absolute atomic E-state index is 15.1. The molecule has 6 heteroatoms. The Bertz CT molecular complexity index is 1440. The van der Waals surface area contributed by atoms with Crippen LogP contribution < -0.4 is 0 Å². The number of allylic oxidation sites excluding steroid dienone is 3. The van der Waals surface area contributed by atoms with Crippen molar-refractivity contribution in [3.05, 3.63) is 83.0 Å². The fourth-order valence-electron chi connectivity index (χ4n) is 5.56. The number of ketones is 1. The molecule has 1 aliphatic carbocycles. The molecule has 4 nitrogen and oxygen atoms in total. The lowest BCUT2D eigenvalue weighted by Crippen LogP contribution is -2.23. The molecule has 0 amide bonds. The molecule has 212 valence electrons. The molecule has 0 aliphatic heterocycles. The van der Waals surface area contributed by atoms with Crippen LogP contribution in [-0.2, 0) is 28.8 Å². The van der Waals surface area contributed by atoms with Gasteiger partial charge in [0.25, 0.3) is 0 Å². The standard InChI is InChI=1S/C34H40F2N2O2/c1-7-24-17-31-30(18-27(24)14-23-10-21(2)11-23)37-19-32(38-31)26-9-8-25(29(36)16-26)15-28(39)12-22(3)13-33(40-6)34(4,5)20-35/h8-9,13,16-19,21,23H,3,7,10-12,14-15,20H2,1-2,4-6H3/b33-13-. The predicted molar refractivity (Wildman–Crippen MR) is 157 cm³/mol. The summed E-state index contributed by atoms with van der Waals surface area (Å²) in [6, 6.07) is 9.10. The van der Waals surface area contributed by atoms with Crippen molar-refractivity contribution in [2.24, 2.45) is 17.3 Å². The first-order valence-electron chi connectivity index (χ1n) is 14.1. The van der Waals surface area contributed by atoms with Crippen molar-refractivity contribution in [2.45, 2.75) is 66.2 Å². The fraction of sp³-hybridized carbons (Fsp3) is 0.441. The molecular weight excluding hydrogens is 506 g/mol. The smallest absolute Gasteiger partial charge is 0.141 e. The van der Waals surface area contributed by atoms with E-state index in [-0.39, 0.29) is 18.6 Å². The number of benzene rings is 2. The average Bonchev–Trinajstić information content (AvgIpc) is 2.91. The summed E-state index contributed by atoms with van der Waals surface area (Å²) in [5, 5.41) is 0. The predicted octanol–water partition coefficient (Wildman–Crippen LogP) is 8.17. The van der Waals surface area contributed by atoms with Gasteiger partial charge in [-0.05, 0) is 84.1 Å². The molecule has 0 atom stereocenters. The van der Waals surface area contributed by atoms with E-state index in [2.05, 4.69) is 37.5 Å². The number of ether oxygens (including phenoxy) is 1. The van der Waals surface area contributed by atoms with Gasteiger partial charge in [0.2, 0.25) is 0 Å². The van der Waals surface area contributed by atoms with Crippen molar-refractivity contribution >= 4 is 16.8 Å². The molecule has 40 heavy (non-hydrogen) atoms. The van der Waals surface area contributed by atoms with E-state index in [0.29, 0.717) is 28.2 Å². The number of aryl methyl sites for hydroxylation is 1. The normalized spacial score (nSPS) is 17.5. The number of Topliss-reactive ketones (excluding diaryl/α,β-unsaturated/α-hetero) is 1. The lowest BCUT2D eigenvalue weighted by Gasteiger charge is -2.33. The van der Waals surface area contributed by atoms with Crippen LogP contribution in [0.2, 0.25) is 0 Å². The van der Waals surface area contributed by atoms with E-state index in [9.17, 15) is 9.18 Å². The summed E-state index contributed by atoms with van der Waals surface area (Å²) in [6.07, 6.45) is 7.83. The molecule has 4 rings (SSSR count). The second kappa shape index (κ2) is 12.4. The van der Waals surface area contributed by atoms with Gasteiger partial charge in [-0.15, -0.1) is 0 Å². The van der Waals surface area contributed by atoms with Crippen molar-refractivity contribution < 1.29 is 18.3 Å². The highest BCUT2D eigenvalue weighted by molar-refractivity contribution is 5.84. The van der Waals surface area contributed by atoms with Gasteiger partial charge in [0.1, 0.15) is 24.0 Å². The minimum atomic E-state index is -0.816. The second-order valence-corrected chi connectivity index (χ2v) is 12.0. The van der Waals surface area contributed by atoms with Gasteiger partial charge in [-0.1, -0.05) is 46.4 Å². The molecule has 0 bridgehead atoms. The number of aromatic nitrogens is 2. The van der Waals surface area contributed by atoms with E-state index >= 15 is 4.39 Å². The van der Waals surface area contributed by atoms with Crippen LogP contribution in [-0.4, -0.2) is 29.5 Å². The third kappa shape index (κ3) is 6.83. The van der Waals surface area contributed by atoms with Crippen LogP contribution >= 0.6 is 0 Å². The highest BCUT2D eigenvalue weighted by Gasteiger charge is 2.26. The Morgan fingerprint density at radius 3 is 2.50 bits per heavy atom. The van der Waals surface area contributed by atoms with Crippen LogP contribution in [0.25, 0.3) is 22.3 Å². The average molecular weight is 547 g/mol. The Balaban J connectivity index is 1.47. The van der Waals surface area contributed by atoms with Gasteiger partial charge in [-0.2, -0.15) is 0 Å².